The van der Waals surface area contributed by atoms with E-state index in [0.717, 1.165) is 0 Å². The van der Waals surface area contributed by atoms with Crippen molar-refractivity contribution in [1.29, 1.82) is 0 Å². The first-order valence-electron chi connectivity index (χ1n) is 25.3. The smallest absolute Gasteiger partial charge is 0.307 e. The minimum absolute atomic E-state index is 0.370. The van der Waals surface area contributed by atoms with Crippen molar-refractivity contribution >= 4 is 68.2 Å². The molecule has 366 valence electrons. The Balaban J connectivity index is 1.36. The molecule has 13 rings (SSSR count). The van der Waals surface area contributed by atoms with Gasteiger partial charge in [0.15, 0.2) is 0 Å². The third-order valence-corrected chi connectivity index (χ3v) is 15.4. The molecule has 4 nitrogen and oxygen atoms in total. The van der Waals surface area contributed by atoms with Crippen molar-refractivity contribution in [2.24, 2.45) is 0 Å². The quantitative estimate of drug-likeness (QED) is 0.163. The summed E-state index contributed by atoms with van der Waals surface area (Å²) < 4.78 is 111. The molecule has 0 saturated heterocycles. The molecule has 0 aliphatic carbocycles. The van der Waals surface area contributed by atoms with Gasteiger partial charge in [0.25, 0.3) is 0 Å². The van der Waals surface area contributed by atoms with Crippen LogP contribution in [0.15, 0.2) is 194 Å². The molecule has 4 heterocycles. The molecule has 0 spiro atoms. The summed E-state index contributed by atoms with van der Waals surface area (Å²) in [5.74, 6) is 0. The highest BCUT2D eigenvalue weighted by Gasteiger charge is 2.53. The molecule has 9 aromatic rings. The minimum Gasteiger partial charge on any atom is -0.307 e. The van der Waals surface area contributed by atoms with E-state index in [1.54, 1.807) is 97.1 Å². The van der Waals surface area contributed by atoms with E-state index in [4.69, 9.17) is 0 Å². The zero-order valence-electron chi connectivity index (χ0n) is 40.2. The molecule has 0 bridgehead atoms. The van der Waals surface area contributed by atoms with E-state index in [-0.39, 0.29) is 0 Å². The lowest BCUT2D eigenvalue weighted by Gasteiger charge is -2.43. The average Bonchev–Trinajstić information content (AvgIpc) is 3.86. The molecule has 0 fully saturated rings. The number of aryl methyl sites for hydroxylation is 8. The molecular formula is C64H48F6N4. The lowest BCUT2D eigenvalue weighted by atomic mass is 9.91. The van der Waals surface area contributed by atoms with Gasteiger partial charge in [0.1, 0.15) is 11.1 Å². The Kier molecular flexibility index (Phi) is 10.9. The Morgan fingerprint density at radius 3 is 0.486 bits per heavy atom. The second-order valence-electron chi connectivity index (χ2n) is 19.5. The number of anilines is 12. The van der Waals surface area contributed by atoms with Gasteiger partial charge in [-0.25, -0.2) is 0 Å². The van der Waals surface area contributed by atoms with Crippen LogP contribution in [0.2, 0.25) is 0 Å². The van der Waals surface area contributed by atoms with Gasteiger partial charge in [0, 0.05) is 45.5 Å². The monoisotopic (exact) mass is 986 g/mol. The predicted octanol–water partition coefficient (Wildman–Crippen LogP) is 18.0. The molecule has 0 radical (unpaired) electrons. The summed E-state index contributed by atoms with van der Waals surface area (Å²) in [5.41, 5.74) is 3.75. The standard InChI is InChI=1S/C64H48F6N4/c65-63(66,67)57-59(71-49-25-9-1-17-41(49)33-34-42-18-2-10-26-50(42)71)60(72-51-27-11-3-19-43(51)35-36-44-20-4-12-28-52(44)72)58(64(68,69)70)62(74-55-31-15-7-23-47(55)39-40-48-24-8-16-32-56(48)74)61(57)73-53-29-13-5-21-45(53)37-38-46-22-6-14-30-54(46)73/h1-32H,33-40H2. The van der Waals surface area contributed by atoms with E-state index in [0.29, 0.717) is 141 Å². The number of rotatable bonds is 4. The predicted molar refractivity (Wildman–Crippen MR) is 285 cm³/mol. The molecular weight excluding hydrogens is 939 g/mol. The van der Waals surface area contributed by atoms with Crippen LogP contribution in [0.1, 0.15) is 55.6 Å². The number of alkyl halides is 6. The molecule has 74 heavy (non-hydrogen) atoms. The first kappa shape index (κ1) is 45.6. The fourth-order valence-corrected chi connectivity index (χ4v) is 12.2. The van der Waals surface area contributed by atoms with E-state index in [1.165, 1.54) is 19.6 Å². The fraction of sp³-hybridized carbons (Fsp3) is 0.156. The highest BCUT2D eigenvalue weighted by molar-refractivity contribution is 6.09. The van der Waals surface area contributed by atoms with Crippen LogP contribution in [0, 0.1) is 0 Å². The molecule has 9 aromatic carbocycles. The Bertz CT molecular complexity index is 3020. The fourth-order valence-electron chi connectivity index (χ4n) is 12.2. The van der Waals surface area contributed by atoms with Crippen molar-refractivity contribution in [1.82, 2.24) is 0 Å². The Labute approximate surface area is 426 Å². The summed E-state index contributed by atoms with van der Waals surface area (Å²) in [4.78, 5) is 6.09. The van der Waals surface area contributed by atoms with Gasteiger partial charge < -0.3 is 19.6 Å². The lowest BCUT2D eigenvalue weighted by Crippen LogP contribution is -2.31. The van der Waals surface area contributed by atoms with Gasteiger partial charge in [-0.15, -0.1) is 0 Å². The van der Waals surface area contributed by atoms with Crippen LogP contribution in [0.4, 0.5) is 94.6 Å². The summed E-state index contributed by atoms with van der Waals surface area (Å²) in [6.07, 6.45) is -7.07. The van der Waals surface area contributed by atoms with E-state index in [9.17, 15) is 0 Å². The molecule has 0 amide bonds. The maximum atomic E-state index is 18.4. The zero-order chi connectivity index (χ0) is 50.3. The zero-order valence-corrected chi connectivity index (χ0v) is 40.2. The summed E-state index contributed by atoms with van der Waals surface area (Å²) in [5, 5.41) is 0. The minimum atomic E-state index is -5.32. The third-order valence-electron chi connectivity index (χ3n) is 15.4. The van der Waals surface area contributed by atoms with Gasteiger partial charge >= 0.3 is 12.4 Å². The SMILES string of the molecule is FC(F)(F)c1c(N2c3ccccc3CCc3ccccc32)c(N2c3ccccc3CCc3ccccc32)c(C(F)(F)F)c(N2c3ccccc3CCc3ccccc32)c1N1c2ccccc2CCc2ccccc21. The number of halogens is 6. The molecule has 0 atom stereocenters. The van der Waals surface area contributed by atoms with Crippen LogP contribution in [0.25, 0.3) is 0 Å². The second kappa shape index (κ2) is 17.8. The number of hydrogen-bond donors (Lipinski definition) is 0. The van der Waals surface area contributed by atoms with Crippen molar-refractivity contribution in [2.45, 2.75) is 63.7 Å². The Morgan fingerprint density at radius 1 is 0.216 bits per heavy atom. The molecule has 10 heteroatoms. The molecule has 0 N–H and O–H groups in total. The molecule has 4 aliphatic heterocycles. The number of nitrogens with zero attached hydrogens (tertiary/aromatic N) is 4. The van der Waals surface area contributed by atoms with Gasteiger partial charge in [-0.3, -0.25) is 0 Å². The number of hydrogen-bond acceptors (Lipinski definition) is 4. The molecule has 0 unspecified atom stereocenters. The molecule has 0 saturated carbocycles. The van der Waals surface area contributed by atoms with E-state index < -0.39 is 46.2 Å². The maximum Gasteiger partial charge on any atom is 0.420 e. The first-order valence-corrected chi connectivity index (χ1v) is 25.3. The van der Waals surface area contributed by atoms with Crippen LogP contribution in [0.5, 0.6) is 0 Å². The summed E-state index contributed by atoms with van der Waals surface area (Å²) in [7, 11) is 0. The van der Waals surface area contributed by atoms with Crippen LogP contribution in [-0.2, 0) is 63.7 Å². The van der Waals surface area contributed by atoms with Crippen LogP contribution < -0.4 is 19.6 Å². The second-order valence-corrected chi connectivity index (χ2v) is 19.5. The van der Waals surface area contributed by atoms with Gasteiger partial charge in [-0.2, -0.15) is 26.3 Å². The van der Waals surface area contributed by atoms with Gasteiger partial charge in [0.2, 0.25) is 0 Å². The number of fused-ring (bicyclic) bond motifs is 8. The van der Waals surface area contributed by atoms with Crippen molar-refractivity contribution in [2.75, 3.05) is 19.6 Å². The first-order chi connectivity index (χ1) is 36.0. The van der Waals surface area contributed by atoms with Crippen molar-refractivity contribution in [3.8, 4) is 0 Å². The van der Waals surface area contributed by atoms with Crippen LogP contribution >= 0.6 is 0 Å². The lowest BCUT2D eigenvalue weighted by molar-refractivity contribution is -0.139. The van der Waals surface area contributed by atoms with E-state index in [1.807, 2.05) is 97.1 Å². The largest absolute Gasteiger partial charge is 0.420 e. The Morgan fingerprint density at radius 2 is 0.351 bits per heavy atom. The number of benzene rings is 9. The summed E-state index contributed by atoms with van der Waals surface area (Å²) >= 11 is 0. The van der Waals surface area contributed by atoms with Gasteiger partial charge in [-0.1, -0.05) is 146 Å². The van der Waals surface area contributed by atoms with E-state index >= 15 is 26.3 Å². The average molecular weight is 987 g/mol. The molecule has 4 aliphatic rings. The topological polar surface area (TPSA) is 13.0 Å². The van der Waals surface area contributed by atoms with Crippen LogP contribution in [-0.4, -0.2) is 0 Å². The van der Waals surface area contributed by atoms with Crippen LogP contribution in [0.3, 0.4) is 0 Å². The van der Waals surface area contributed by atoms with Crippen molar-refractivity contribution in [3.63, 3.8) is 0 Å². The van der Waals surface area contributed by atoms with Gasteiger partial charge in [-0.05, 0) is 144 Å². The van der Waals surface area contributed by atoms with Gasteiger partial charge in [0.05, 0.1) is 22.7 Å². The summed E-state index contributed by atoms with van der Waals surface area (Å²) in [6, 6.07) is 57.9. The molecule has 0 aromatic heterocycles. The summed E-state index contributed by atoms with van der Waals surface area (Å²) in [6.45, 7) is 0. The van der Waals surface area contributed by atoms with Crippen molar-refractivity contribution in [3.05, 3.63) is 250 Å². The van der Waals surface area contributed by atoms with Crippen molar-refractivity contribution < 1.29 is 26.3 Å². The normalized spacial score (nSPS) is 14.9. The Hall–Kier alpha value is -8.24. The van der Waals surface area contributed by atoms with E-state index in [2.05, 4.69) is 0 Å². The third kappa shape index (κ3) is 7.44. The number of para-hydroxylation sites is 8. The highest BCUT2D eigenvalue weighted by atomic mass is 19.4. The maximum absolute atomic E-state index is 18.4. The highest BCUT2D eigenvalue weighted by Crippen LogP contribution is 2.67.